The highest BCUT2D eigenvalue weighted by atomic mass is 35.5. The van der Waals surface area contributed by atoms with E-state index in [0.29, 0.717) is 34.2 Å². The maximum Gasteiger partial charge on any atom is 0.316 e. The molecule has 0 bridgehead atoms. The van der Waals surface area contributed by atoms with E-state index in [0.717, 1.165) is 11.1 Å². The molecular weight excluding hydrogens is 457 g/mol. The Hall–Kier alpha value is -2.41. The molecule has 31 heavy (non-hydrogen) atoms. The summed E-state index contributed by atoms with van der Waals surface area (Å²) >= 11 is 13.3. The fraction of sp³-hybridized carbons (Fsp3) is 0.217. The van der Waals surface area contributed by atoms with Crippen molar-refractivity contribution in [1.29, 1.82) is 0 Å². The molecule has 0 aromatic heterocycles. The van der Waals surface area contributed by atoms with Crippen LogP contribution in [0.2, 0.25) is 10.0 Å². The Morgan fingerprint density at radius 2 is 1.87 bits per heavy atom. The smallest absolute Gasteiger partial charge is 0.316 e. The van der Waals surface area contributed by atoms with Crippen LogP contribution in [0.15, 0.2) is 59.7 Å². The van der Waals surface area contributed by atoms with Gasteiger partial charge in [-0.1, -0.05) is 35.3 Å². The van der Waals surface area contributed by atoms with Crippen molar-refractivity contribution in [1.82, 2.24) is 5.32 Å². The molecule has 0 saturated heterocycles. The fourth-order valence-electron chi connectivity index (χ4n) is 3.63. The quantitative estimate of drug-likeness (QED) is 0.608. The number of fused-ring (bicyclic) bond motifs is 1. The second-order valence-corrected chi connectivity index (χ2v) is 9.35. The lowest BCUT2D eigenvalue weighted by atomic mass is 9.79. The number of aliphatic carboxylic acids is 1. The average molecular weight is 476 g/mol. The van der Waals surface area contributed by atoms with E-state index in [1.807, 2.05) is 6.07 Å². The summed E-state index contributed by atoms with van der Waals surface area (Å²) in [7, 11) is 0. The Labute approximate surface area is 194 Å². The van der Waals surface area contributed by atoms with Crippen molar-refractivity contribution < 1.29 is 19.4 Å². The van der Waals surface area contributed by atoms with E-state index in [9.17, 15) is 14.7 Å². The van der Waals surface area contributed by atoms with Gasteiger partial charge in [0.05, 0.1) is 5.37 Å². The Morgan fingerprint density at radius 1 is 1.16 bits per heavy atom. The van der Waals surface area contributed by atoms with Crippen LogP contribution in [0.5, 0.6) is 5.75 Å². The monoisotopic (exact) mass is 475 g/mol. The number of benzene rings is 2. The van der Waals surface area contributed by atoms with Crippen LogP contribution in [0, 0.1) is 5.41 Å². The van der Waals surface area contributed by atoms with Crippen LogP contribution in [-0.4, -0.2) is 22.4 Å². The van der Waals surface area contributed by atoms with Crippen LogP contribution in [0.3, 0.4) is 0 Å². The number of hydrogen-bond acceptors (Lipinski definition) is 4. The second kappa shape index (κ2) is 8.61. The van der Waals surface area contributed by atoms with Crippen LogP contribution >= 0.6 is 35.0 Å². The number of hydrogen-bond donors (Lipinski definition) is 2. The van der Waals surface area contributed by atoms with Gasteiger partial charge in [-0.15, -0.1) is 11.8 Å². The molecule has 2 unspecified atom stereocenters. The standard InChI is InChI=1S/C23H19Cl2NO4S/c1-23(22(28)29)17(13-5-7-15(24)8-6-13)12-31-21(23)26-20(27)19-4-2-3-14-11-16(25)9-10-18(14)30-19/h4-12,21H,2-3H2,1H3,(H,26,27)(H,28,29). The number of thioether (sulfide) groups is 1. The van der Waals surface area contributed by atoms with Gasteiger partial charge in [0.1, 0.15) is 11.2 Å². The van der Waals surface area contributed by atoms with Gasteiger partial charge in [-0.2, -0.15) is 0 Å². The molecule has 2 aromatic carbocycles. The second-order valence-electron chi connectivity index (χ2n) is 7.50. The highest BCUT2D eigenvalue weighted by Crippen LogP contribution is 2.50. The van der Waals surface area contributed by atoms with Gasteiger partial charge in [-0.3, -0.25) is 9.59 Å². The maximum absolute atomic E-state index is 13.0. The number of halogens is 2. The number of allylic oxidation sites excluding steroid dienone is 1. The molecule has 2 aromatic rings. The van der Waals surface area contributed by atoms with Gasteiger partial charge in [0.15, 0.2) is 5.76 Å². The third-order valence-corrected chi connectivity index (χ3v) is 7.20. The molecule has 2 aliphatic rings. The lowest BCUT2D eigenvalue weighted by Crippen LogP contribution is -2.47. The number of nitrogens with one attached hydrogen (secondary N) is 1. The van der Waals surface area contributed by atoms with Crippen molar-refractivity contribution in [3.63, 3.8) is 0 Å². The number of rotatable bonds is 4. The Kier molecular flexibility index (Phi) is 6.06. The predicted octanol–water partition coefficient (Wildman–Crippen LogP) is 5.52. The molecule has 8 heteroatoms. The number of aryl methyl sites for hydroxylation is 1. The van der Waals surface area contributed by atoms with E-state index in [-0.39, 0.29) is 5.76 Å². The highest BCUT2D eigenvalue weighted by Gasteiger charge is 2.50. The zero-order valence-corrected chi connectivity index (χ0v) is 18.9. The Bertz CT molecular complexity index is 1110. The summed E-state index contributed by atoms with van der Waals surface area (Å²) in [5.74, 6) is -0.768. The van der Waals surface area contributed by atoms with Crippen LogP contribution in [0.4, 0.5) is 0 Å². The molecule has 2 aliphatic heterocycles. The molecule has 0 aliphatic carbocycles. The summed E-state index contributed by atoms with van der Waals surface area (Å²) in [6.07, 6.45) is 3.02. The molecule has 1 amide bonds. The summed E-state index contributed by atoms with van der Waals surface area (Å²) < 4.78 is 5.84. The number of carbonyl (C=O) groups excluding carboxylic acids is 1. The molecule has 0 saturated carbocycles. The molecule has 5 nitrogen and oxygen atoms in total. The number of carbonyl (C=O) groups is 2. The van der Waals surface area contributed by atoms with Crippen LogP contribution in [0.1, 0.15) is 24.5 Å². The molecule has 0 radical (unpaired) electrons. The van der Waals surface area contributed by atoms with Crippen LogP contribution in [-0.2, 0) is 16.0 Å². The van der Waals surface area contributed by atoms with Gasteiger partial charge in [0.25, 0.3) is 5.91 Å². The van der Waals surface area contributed by atoms with Gasteiger partial charge < -0.3 is 15.2 Å². The molecule has 2 atom stereocenters. The summed E-state index contributed by atoms with van der Waals surface area (Å²) in [5, 5.41) is 15.2. The molecule has 4 rings (SSSR count). The van der Waals surface area contributed by atoms with Gasteiger partial charge in [-0.25, -0.2) is 0 Å². The summed E-state index contributed by atoms with van der Waals surface area (Å²) in [6, 6.07) is 12.2. The largest absolute Gasteiger partial charge is 0.480 e. The van der Waals surface area contributed by atoms with Crippen molar-refractivity contribution in [2.45, 2.75) is 25.1 Å². The van der Waals surface area contributed by atoms with Crippen molar-refractivity contribution >= 4 is 52.4 Å². The maximum atomic E-state index is 13.0. The van der Waals surface area contributed by atoms with Crippen molar-refractivity contribution in [3.05, 3.63) is 80.9 Å². The predicted molar refractivity (Wildman–Crippen MR) is 123 cm³/mol. The number of carboxylic acid groups (broad SMARTS) is 1. The van der Waals surface area contributed by atoms with E-state index < -0.39 is 22.7 Å². The lowest BCUT2D eigenvalue weighted by molar-refractivity contribution is -0.144. The minimum Gasteiger partial charge on any atom is -0.480 e. The van der Waals surface area contributed by atoms with Crippen molar-refractivity contribution in [2.24, 2.45) is 5.41 Å². The minimum absolute atomic E-state index is 0.148. The number of amides is 1. The molecule has 2 N–H and O–H groups in total. The fourth-order valence-corrected chi connectivity index (χ4v) is 5.28. The van der Waals surface area contributed by atoms with Gasteiger partial charge in [-0.05, 0) is 78.3 Å². The van der Waals surface area contributed by atoms with Crippen molar-refractivity contribution in [3.8, 4) is 5.75 Å². The van der Waals surface area contributed by atoms with Crippen LogP contribution < -0.4 is 10.1 Å². The average Bonchev–Trinajstić information content (AvgIpc) is 2.93. The van der Waals surface area contributed by atoms with E-state index in [1.165, 1.54) is 11.8 Å². The Morgan fingerprint density at radius 3 is 2.58 bits per heavy atom. The number of ether oxygens (including phenoxy) is 1. The first-order valence-corrected chi connectivity index (χ1v) is 11.3. The topological polar surface area (TPSA) is 75.6 Å². The van der Waals surface area contributed by atoms with E-state index in [4.69, 9.17) is 27.9 Å². The summed E-state index contributed by atoms with van der Waals surface area (Å²) in [4.78, 5) is 25.3. The molecule has 160 valence electrons. The SMILES string of the molecule is CC1(C(=O)O)C(c2ccc(Cl)cc2)=CSC1NC(=O)C1=CCCc2cc(Cl)ccc2O1. The first-order valence-electron chi connectivity index (χ1n) is 9.62. The van der Waals surface area contributed by atoms with Gasteiger partial charge in [0, 0.05) is 10.0 Å². The van der Waals surface area contributed by atoms with E-state index in [1.54, 1.807) is 54.8 Å². The first kappa shape index (κ1) is 21.8. The van der Waals surface area contributed by atoms with E-state index in [2.05, 4.69) is 5.32 Å². The van der Waals surface area contributed by atoms with Crippen LogP contribution in [0.25, 0.3) is 5.57 Å². The first-order chi connectivity index (χ1) is 14.8. The van der Waals surface area contributed by atoms with Gasteiger partial charge in [0.2, 0.25) is 0 Å². The normalized spacial score (nSPS) is 22.5. The lowest BCUT2D eigenvalue weighted by Gasteiger charge is -2.30. The van der Waals surface area contributed by atoms with Gasteiger partial charge >= 0.3 is 5.97 Å². The Balaban J connectivity index is 1.55. The third kappa shape index (κ3) is 4.20. The zero-order chi connectivity index (χ0) is 22.2. The van der Waals surface area contributed by atoms with Crippen molar-refractivity contribution in [2.75, 3.05) is 0 Å². The third-order valence-electron chi connectivity index (χ3n) is 5.48. The number of carboxylic acids is 1. The summed E-state index contributed by atoms with van der Waals surface area (Å²) in [5.41, 5.74) is 0.950. The molecule has 0 spiro atoms. The van der Waals surface area contributed by atoms with E-state index >= 15 is 0 Å². The summed E-state index contributed by atoms with van der Waals surface area (Å²) in [6.45, 7) is 1.61. The molecule has 2 heterocycles. The minimum atomic E-state index is -1.33. The highest BCUT2D eigenvalue weighted by molar-refractivity contribution is 8.03. The molecular formula is C23H19Cl2NO4S. The molecule has 0 fully saturated rings. The zero-order valence-electron chi connectivity index (χ0n) is 16.5.